The number of aromatic hydroxyl groups is 1. The highest BCUT2D eigenvalue weighted by atomic mass is 19.4. The summed E-state index contributed by atoms with van der Waals surface area (Å²) >= 11 is 0. The minimum absolute atomic E-state index is 0.0370. The number of halogens is 7. The minimum atomic E-state index is -5.14. The number of benzene rings is 2. The molecule has 1 aliphatic carbocycles. The molecule has 2 saturated heterocycles. The Morgan fingerprint density at radius 3 is 2.20 bits per heavy atom. The largest absolute Gasteiger partial charge is 0.505 e. The first-order chi connectivity index (χ1) is 21.0. The van der Waals surface area contributed by atoms with Gasteiger partial charge >= 0.3 is 12.4 Å². The fraction of sp³-hybridized carbons (Fsp3) is 0.455. The van der Waals surface area contributed by atoms with Crippen LogP contribution in [0.2, 0.25) is 0 Å². The number of alkyl halides is 6. The van der Waals surface area contributed by atoms with E-state index in [1.54, 1.807) is 6.07 Å². The van der Waals surface area contributed by atoms with Crippen LogP contribution in [0.25, 0.3) is 6.08 Å². The van der Waals surface area contributed by atoms with E-state index in [4.69, 9.17) is 4.74 Å². The second-order valence-electron chi connectivity index (χ2n) is 12.1. The van der Waals surface area contributed by atoms with Crippen LogP contribution >= 0.6 is 0 Å². The van der Waals surface area contributed by atoms with Gasteiger partial charge in [-0.15, -0.1) is 0 Å². The first-order valence-corrected chi connectivity index (χ1v) is 14.7. The van der Waals surface area contributed by atoms with Gasteiger partial charge in [0.2, 0.25) is 11.8 Å². The summed E-state index contributed by atoms with van der Waals surface area (Å²) in [6.07, 6.45) is -7.00. The van der Waals surface area contributed by atoms with E-state index in [9.17, 15) is 45.4 Å². The quantitative estimate of drug-likeness (QED) is 0.188. The number of carbonyl (C=O) groups is 2. The summed E-state index contributed by atoms with van der Waals surface area (Å²) in [7, 11) is 0. The smallest absolute Gasteiger partial charge is 0.416 e. The molecule has 2 aromatic carbocycles. The van der Waals surface area contributed by atoms with Gasteiger partial charge < -0.3 is 9.84 Å². The maximum atomic E-state index is 13.9. The van der Waals surface area contributed by atoms with Crippen LogP contribution in [0.4, 0.5) is 36.4 Å². The molecule has 1 N–H and O–H groups in total. The van der Waals surface area contributed by atoms with Crippen molar-refractivity contribution in [3.63, 3.8) is 0 Å². The maximum absolute atomic E-state index is 13.9. The van der Waals surface area contributed by atoms with E-state index >= 15 is 0 Å². The number of fused-ring (bicyclic) bond motifs is 3. The van der Waals surface area contributed by atoms with Gasteiger partial charge in [-0.05, 0) is 73.1 Å². The molecule has 2 fully saturated rings. The lowest BCUT2D eigenvalue weighted by Crippen LogP contribution is -2.35. The van der Waals surface area contributed by atoms with Crippen molar-refractivity contribution in [3.8, 4) is 5.75 Å². The number of imide groups is 1. The lowest BCUT2D eigenvalue weighted by Gasteiger charge is -2.33. The fourth-order valence-electron chi connectivity index (χ4n) is 6.80. The topological polar surface area (TPSA) is 66.8 Å². The van der Waals surface area contributed by atoms with E-state index in [-0.39, 0.29) is 25.0 Å². The number of hydrogen-bond donors (Lipinski definition) is 1. The Kier molecular flexibility index (Phi) is 8.67. The number of allylic oxidation sites excluding steroid dienone is 2. The molecular formula is C33H32F7NO4. The molecule has 0 spiro atoms. The van der Waals surface area contributed by atoms with Gasteiger partial charge in [0.15, 0.2) is 11.6 Å². The van der Waals surface area contributed by atoms with Crippen molar-refractivity contribution in [1.29, 1.82) is 0 Å². The molecule has 2 heterocycles. The number of phenols is 1. The summed E-state index contributed by atoms with van der Waals surface area (Å²) < 4.78 is 101. The number of hydrogen-bond acceptors (Lipinski definition) is 4. The third-order valence-electron chi connectivity index (χ3n) is 9.00. The van der Waals surface area contributed by atoms with Gasteiger partial charge in [0.05, 0.1) is 41.4 Å². The van der Waals surface area contributed by atoms with Gasteiger partial charge in [-0.1, -0.05) is 44.1 Å². The molecule has 45 heavy (non-hydrogen) atoms. The van der Waals surface area contributed by atoms with Crippen molar-refractivity contribution in [2.24, 2.45) is 23.7 Å². The molecule has 0 radical (unpaired) electrons. The van der Waals surface area contributed by atoms with Crippen molar-refractivity contribution in [3.05, 3.63) is 75.6 Å². The van der Waals surface area contributed by atoms with E-state index in [2.05, 4.69) is 0 Å². The fourth-order valence-corrected chi connectivity index (χ4v) is 6.80. The summed E-state index contributed by atoms with van der Waals surface area (Å²) in [5.41, 5.74) is -0.653. The molecule has 0 bridgehead atoms. The van der Waals surface area contributed by atoms with Crippen molar-refractivity contribution in [2.75, 3.05) is 11.5 Å². The average Bonchev–Trinajstić information content (AvgIpc) is 3.49. The number of anilines is 1. The van der Waals surface area contributed by atoms with E-state index in [1.807, 2.05) is 26.8 Å². The van der Waals surface area contributed by atoms with Crippen LogP contribution < -0.4 is 4.90 Å². The molecule has 12 heteroatoms. The molecule has 2 amide bonds. The van der Waals surface area contributed by atoms with Crippen LogP contribution in [0.1, 0.15) is 63.1 Å². The Bertz CT molecular complexity index is 1540. The Hall–Kier alpha value is -3.67. The first kappa shape index (κ1) is 32.7. The summed E-state index contributed by atoms with van der Waals surface area (Å²) in [5.74, 6) is -5.39. The highest BCUT2D eigenvalue weighted by Crippen LogP contribution is 2.52. The number of rotatable bonds is 7. The van der Waals surface area contributed by atoms with Crippen molar-refractivity contribution >= 4 is 23.6 Å². The van der Waals surface area contributed by atoms with Gasteiger partial charge in [-0.3, -0.25) is 9.59 Å². The Morgan fingerprint density at radius 1 is 1.00 bits per heavy atom. The number of amides is 2. The molecule has 2 aromatic rings. The Labute approximate surface area is 255 Å². The average molecular weight is 640 g/mol. The highest BCUT2D eigenvalue weighted by molar-refractivity contribution is 6.22. The molecule has 5 nitrogen and oxygen atoms in total. The molecule has 4 atom stereocenters. The van der Waals surface area contributed by atoms with Crippen molar-refractivity contribution in [2.45, 2.75) is 64.9 Å². The van der Waals surface area contributed by atoms with E-state index in [0.29, 0.717) is 41.9 Å². The lowest BCUT2D eigenvalue weighted by molar-refractivity contribution is -0.143. The SMILES string of the molecule is CC/C(=C\c1ccc(O)c(F)c1)CC[C@H]1OC[C@H]2C1=C(C(C)C)C[C@H]1C(=O)N(c3cc(C(F)(F)F)cc(C(F)(F)F)c3)C(=O)[C@H]12. The molecule has 0 unspecified atom stereocenters. The highest BCUT2D eigenvalue weighted by Gasteiger charge is 2.58. The zero-order valence-corrected chi connectivity index (χ0v) is 24.7. The molecule has 2 aliphatic heterocycles. The summed E-state index contributed by atoms with van der Waals surface area (Å²) in [4.78, 5) is 27.9. The van der Waals surface area contributed by atoms with E-state index in [1.165, 1.54) is 12.1 Å². The molecular weight excluding hydrogens is 607 g/mol. The van der Waals surface area contributed by atoms with Gasteiger partial charge in [0.25, 0.3) is 0 Å². The van der Waals surface area contributed by atoms with Crippen molar-refractivity contribution < 1.29 is 50.2 Å². The van der Waals surface area contributed by atoms with Gasteiger partial charge in [0, 0.05) is 5.92 Å². The van der Waals surface area contributed by atoms with Crippen LogP contribution in [0.5, 0.6) is 5.75 Å². The lowest BCUT2D eigenvalue weighted by atomic mass is 9.67. The normalized spacial score (nSPS) is 24.2. The zero-order valence-electron chi connectivity index (χ0n) is 24.7. The molecule has 3 aliphatic rings. The van der Waals surface area contributed by atoms with Crippen LogP contribution in [0.15, 0.2) is 53.1 Å². The molecule has 5 rings (SSSR count). The van der Waals surface area contributed by atoms with Crippen molar-refractivity contribution in [1.82, 2.24) is 0 Å². The Morgan fingerprint density at radius 2 is 1.64 bits per heavy atom. The maximum Gasteiger partial charge on any atom is 0.416 e. The predicted molar refractivity (Wildman–Crippen MR) is 151 cm³/mol. The van der Waals surface area contributed by atoms with E-state index in [0.717, 1.165) is 16.7 Å². The first-order valence-electron chi connectivity index (χ1n) is 14.7. The minimum Gasteiger partial charge on any atom is -0.505 e. The molecule has 242 valence electrons. The molecule has 0 aromatic heterocycles. The summed E-state index contributed by atoms with van der Waals surface area (Å²) in [6.45, 7) is 5.87. The monoisotopic (exact) mass is 639 g/mol. The van der Waals surface area contributed by atoms with Crippen LogP contribution in [0, 0.1) is 29.5 Å². The summed E-state index contributed by atoms with van der Waals surface area (Å²) in [5, 5.41) is 9.48. The van der Waals surface area contributed by atoms with Gasteiger partial charge in [-0.25, -0.2) is 9.29 Å². The number of carbonyl (C=O) groups excluding carboxylic acids is 2. The second-order valence-corrected chi connectivity index (χ2v) is 12.1. The summed E-state index contributed by atoms with van der Waals surface area (Å²) in [6, 6.07) is 4.87. The third-order valence-corrected chi connectivity index (χ3v) is 9.00. The third kappa shape index (κ3) is 6.25. The molecule has 0 saturated carbocycles. The van der Waals surface area contributed by atoms with Gasteiger partial charge in [-0.2, -0.15) is 26.3 Å². The van der Waals surface area contributed by atoms with Crippen LogP contribution in [-0.2, 0) is 26.7 Å². The predicted octanol–water partition coefficient (Wildman–Crippen LogP) is 8.32. The van der Waals surface area contributed by atoms with Crippen LogP contribution in [0.3, 0.4) is 0 Å². The number of phenolic OH excluding ortho intramolecular Hbond substituents is 1. The zero-order chi connectivity index (χ0) is 33.0. The van der Waals surface area contributed by atoms with Gasteiger partial charge in [0.1, 0.15) is 0 Å². The standard InChI is InChI=1S/C33H32F7NO4/c1-4-17(9-18-5-7-26(42)25(34)10-18)6-8-27-28-22(16(2)3)14-23-29(24(28)15-45-27)31(44)41(30(23)43)21-12-19(32(35,36)37)11-20(13-21)33(38,39)40/h5,7,9-13,16,23-24,27,29,42H,4,6,8,14-15H2,1-3H3/b17-9+/t23-,24+,27-,29-/m1/s1. The van der Waals surface area contributed by atoms with Crippen LogP contribution in [-0.4, -0.2) is 29.6 Å². The second kappa shape index (κ2) is 11.9. The van der Waals surface area contributed by atoms with E-state index < -0.39 is 76.4 Å². The number of ether oxygens (including phenoxy) is 1. The number of nitrogens with zero attached hydrogens (tertiary/aromatic N) is 1. The Balaban J connectivity index is 1.44.